The van der Waals surface area contributed by atoms with Crippen LogP contribution in [0.25, 0.3) is 0 Å². The van der Waals surface area contributed by atoms with E-state index in [1.807, 2.05) is 12.1 Å². The minimum atomic E-state index is 0.433. The Balaban J connectivity index is 1.74. The Labute approximate surface area is 114 Å². The number of nitrogens with zero attached hydrogens (tertiary/aromatic N) is 1. The molecule has 2 saturated heterocycles. The first-order valence-electron chi connectivity index (χ1n) is 7.02. The summed E-state index contributed by atoms with van der Waals surface area (Å²) in [6.45, 7) is 3.57. The number of morpholine rings is 1. The van der Waals surface area contributed by atoms with E-state index >= 15 is 0 Å². The van der Waals surface area contributed by atoms with E-state index in [0.717, 1.165) is 30.9 Å². The zero-order valence-electron chi connectivity index (χ0n) is 11.5. The molecular formula is C15H22N2O2. The third-order valence-corrected chi connectivity index (χ3v) is 4.09. The fourth-order valence-electron chi connectivity index (χ4n) is 3.15. The van der Waals surface area contributed by atoms with Crippen LogP contribution in [0.4, 0.5) is 0 Å². The topological polar surface area (TPSA) is 47.7 Å². The summed E-state index contributed by atoms with van der Waals surface area (Å²) in [5, 5.41) is 0. The van der Waals surface area contributed by atoms with Gasteiger partial charge in [0, 0.05) is 31.7 Å². The third-order valence-electron chi connectivity index (χ3n) is 4.09. The van der Waals surface area contributed by atoms with Gasteiger partial charge >= 0.3 is 0 Å². The maximum absolute atomic E-state index is 5.87. The number of methoxy groups -OCH3 is 1. The lowest BCUT2D eigenvalue weighted by atomic mass is 10.1. The zero-order chi connectivity index (χ0) is 13.2. The fourth-order valence-corrected chi connectivity index (χ4v) is 3.15. The Kier molecular flexibility index (Phi) is 3.73. The van der Waals surface area contributed by atoms with Crippen LogP contribution in [0.2, 0.25) is 0 Å². The molecule has 0 spiro atoms. The Morgan fingerprint density at radius 3 is 2.68 bits per heavy atom. The van der Waals surface area contributed by atoms with E-state index in [-0.39, 0.29) is 0 Å². The van der Waals surface area contributed by atoms with Crippen LogP contribution < -0.4 is 10.5 Å². The maximum atomic E-state index is 5.87. The predicted octanol–water partition coefficient (Wildman–Crippen LogP) is 1.52. The molecule has 2 bridgehead atoms. The summed E-state index contributed by atoms with van der Waals surface area (Å²) >= 11 is 0. The molecule has 1 aromatic rings. The highest BCUT2D eigenvalue weighted by Gasteiger charge is 2.33. The lowest BCUT2D eigenvalue weighted by Crippen LogP contribution is -2.42. The molecule has 2 heterocycles. The van der Waals surface area contributed by atoms with Crippen LogP contribution in [0.15, 0.2) is 18.2 Å². The number of nitrogens with two attached hydrogens (primary N) is 1. The average Bonchev–Trinajstić information content (AvgIpc) is 2.78. The van der Waals surface area contributed by atoms with Crippen LogP contribution in [0, 0.1) is 0 Å². The van der Waals surface area contributed by atoms with Gasteiger partial charge < -0.3 is 15.2 Å². The lowest BCUT2D eigenvalue weighted by Gasteiger charge is -2.32. The summed E-state index contributed by atoms with van der Waals surface area (Å²) in [4.78, 5) is 2.48. The molecule has 0 aliphatic carbocycles. The molecule has 19 heavy (non-hydrogen) atoms. The summed E-state index contributed by atoms with van der Waals surface area (Å²) in [5.41, 5.74) is 8.11. The van der Waals surface area contributed by atoms with E-state index in [4.69, 9.17) is 15.2 Å². The highest BCUT2D eigenvalue weighted by molar-refractivity contribution is 5.37. The van der Waals surface area contributed by atoms with Crippen LogP contribution in [0.5, 0.6) is 5.75 Å². The van der Waals surface area contributed by atoms with Crippen molar-refractivity contribution in [1.29, 1.82) is 0 Å². The molecule has 4 nitrogen and oxygen atoms in total. The quantitative estimate of drug-likeness (QED) is 0.893. The first-order valence-corrected chi connectivity index (χ1v) is 7.02. The van der Waals surface area contributed by atoms with Gasteiger partial charge in [0.1, 0.15) is 5.75 Å². The Bertz CT molecular complexity index is 438. The van der Waals surface area contributed by atoms with E-state index in [1.165, 1.54) is 18.4 Å². The van der Waals surface area contributed by atoms with E-state index < -0.39 is 0 Å². The summed E-state index contributed by atoms with van der Waals surface area (Å²) in [6, 6.07) is 6.22. The van der Waals surface area contributed by atoms with Gasteiger partial charge in [-0.1, -0.05) is 6.07 Å². The maximum Gasteiger partial charge on any atom is 0.123 e. The number of ether oxygens (including phenoxy) is 2. The van der Waals surface area contributed by atoms with Gasteiger partial charge in [0.15, 0.2) is 0 Å². The summed E-state index contributed by atoms with van der Waals surface area (Å²) in [5.74, 6) is 0.955. The first kappa shape index (κ1) is 12.9. The van der Waals surface area contributed by atoms with Gasteiger partial charge in [-0.05, 0) is 30.5 Å². The standard InChI is InChI=1S/C15H22N2O2/c1-18-15-5-2-11(7-16)6-12(15)8-17-9-13-3-4-14(10-17)19-13/h2,5-6,13-14H,3-4,7-10,16H2,1H3. The van der Waals surface area contributed by atoms with Gasteiger partial charge in [0.2, 0.25) is 0 Å². The number of fused-ring (bicyclic) bond motifs is 2. The van der Waals surface area contributed by atoms with Crippen molar-refractivity contribution >= 4 is 0 Å². The minimum Gasteiger partial charge on any atom is -0.496 e. The highest BCUT2D eigenvalue weighted by atomic mass is 16.5. The van der Waals surface area contributed by atoms with Gasteiger partial charge in [0.25, 0.3) is 0 Å². The Morgan fingerprint density at radius 2 is 2.05 bits per heavy atom. The van der Waals surface area contributed by atoms with E-state index in [2.05, 4.69) is 11.0 Å². The fraction of sp³-hybridized carbons (Fsp3) is 0.600. The normalized spacial score (nSPS) is 26.6. The Hall–Kier alpha value is -1.10. The molecule has 4 heteroatoms. The number of likely N-dealkylation sites (tertiary alicyclic amines) is 1. The van der Waals surface area contributed by atoms with E-state index in [0.29, 0.717) is 18.8 Å². The summed E-state index contributed by atoms with van der Waals surface area (Å²) in [7, 11) is 1.73. The number of hydrogen-bond donors (Lipinski definition) is 1. The van der Waals surface area contributed by atoms with Crippen LogP contribution in [0.3, 0.4) is 0 Å². The second-order valence-electron chi connectivity index (χ2n) is 5.50. The van der Waals surface area contributed by atoms with Crippen molar-refractivity contribution in [3.05, 3.63) is 29.3 Å². The first-order chi connectivity index (χ1) is 9.28. The summed E-state index contributed by atoms with van der Waals surface area (Å²) in [6.07, 6.45) is 3.28. The van der Waals surface area contributed by atoms with E-state index in [1.54, 1.807) is 7.11 Å². The minimum absolute atomic E-state index is 0.433. The molecule has 2 atom stereocenters. The highest BCUT2D eigenvalue weighted by Crippen LogP contribution is 2.29. The third kappa shape index (κ3) is 2.76. The van der Waals surface area contributed by atoms with Gasteiger partial charge in [-0.3, -0.25) is 4.90 Å². The van der Waals surface area contributed by atoms with Crippen LogP contribution in [0.1, 0.15) is 24.0 Å². The number of benzene rings is 1. The van der Waals surface area contributed by atoms with Crippen LogP contribution >= 0.6 is 0 Å². The Morgan fingerprint density at radius 1 is 1.32 bits per heavy atom. The molecule has 104 valence electrons. The van der Waals surface area contributed by atoms with Gasteiger partial charge in [-0.25, -0.2) is 0 Å². The van der Waals surface area contributed by atoms with Crippen molar-refractivity contribution in [2.45, 2.75) is 38.1 Å². The van der Waals surface area contributed by atoms with Gasteiger partial charge in [0.05, 0.1) is 19.3 Å². The van der Waals surface area contributed by atoms with Crippen LogP contribution in [-0.4, -0.2) is 37.3 Å². The average molecular weight is 262 g/mol. The molecule has 0 amide bonds. The molecule has 0 aromatic heterocycles. The molecule has 2 N–H and O–H groups in total. The number of rotatable bonds is 4. The van der Waals surface area contributed by atoms with Gasteiger partial charge in [-0.2, -0.15) is 0 Å². The molecule has 0 radical (unpaired) electrons. The predicted molar refractivity (Wildman–Crippen MR) is 74.1 cm³/mol. The molecule has 2 fully saturated rings. The number of hydrogen-bond acceptors (Lipinski definition) is 4. The van der Waals surface area contributed by atoms with Crippen molar-refractivity contribution in [2.24, 2.45) is 5.73 Å². The molecule has 2 aliphatic heterocycles. The van der Waals surface area contributed by atoms with Crippen molar-refractivity contribution in [1.82, 2.24) is 4.90 Å². The summed E-state index contributed by atoms with van der Waals surface area (Å²) < 4.78 is 11.3. The molecule has 3 rings (SSSR count). The van der Waals surface area contributed by atoms with Gasteiger partial charge in [-0.15, -0.1) is 0 Å². The SMILES string of the molecule is COc1ccc(CN)cc1CN1CC2CCC(C1)O2. The molecule has 2 unspecified atom stereocenters. The van der Waals surface area contributed by atoms with Crippen molar-refractivity contribution in [3.63, 3.8) is 0 Å². The second kappa shape index (κ2) is 5.49. The zero-order valence-corrected chi connectivity index (χ0v) is 11.5. The molecule has 0 saturated carbocycles. The van der Waals surface area contributed by atoms with Crippen molar-refractivity contribution in [2.75, 3.05) is 20.2 Å². The molecular weight excluding hydrogens is 240 g/mol. The molecule has 1 aromatic carbocycles. The second-order valence-corrected chi connectivity index (χ2v) is 5.50. The van der Waals surface area contributed by atoms with Crippen molar-refractivity contribution in [3.8, 4) is 5.75 Å². The van der Waals surface area contributed by atoms with Crippen LogP contribution in [-0.2, 0) is 17.8 Å². The lowest BCUT2D eigenvalue weighted by molar-refractivity contribution is -0.0412. The van der Waals surface area contributed by atoms with E-state index in [9.17, 15) is 0 Å². The molecule has 2 aliphatic rings. The monoisotopic (exact) mass is 262 g/mol. The smallest absolute Gasteiger partial charge is 0.123 e. The largest absolute Gasteiger partial charge is 0.496 e. The van der Waals surface area contributed by atoms with Crippen molar-refractivity contribution < 1.29 is 9.47 Å².